The molecule has 0 unspecified atom stereocenters. The first kappa shape index (κ1) is 20.6. The Kier molecular flexibility index (Phi) is 5.17. The van der Waals surface area contributed by atoms with Gasteiger partial charge in [0.1, 0.15) is 5.82 Å². The summed E-state index contributed by atoms with van der Waals surface area (Å²) in [6, 6.07) is 6.62. The van der Waals surface area contributed by atoms with Gasteiger partial charge in [-0.2, -0.15) is 13.2 Å². The lowest BCUT2D eigenvalue weighted by Gasteiger charge is -2.28. The largest absolute Gasteiger partial charge is 0.417 e. The van der Waals surface area contributed by atoms with Gasteiger partial charge in [0.05, 0.1) is 22.5 Å². The van der Waals surface area contributed by atoms with Crippen LogP contribution in [0.1, 0.15) is 42.6 Å². The normalized spacial score (nSPS) is 16.2. The lowest BCUT2D eigenvalue weighted by atomic mass is 9.78. The predicted molar refractivity (Wildman–Crippen MR) is 101 cm³/mol. The molecular weight excluding hydrogens is 424 g/mol. The first-order chi connectivity index (χ1) is 14.2. The number of alkyl halides is 3. The van der Waals surface area contributed by atoms with Crippen molar-refractivity contribution in [3.8, 4) is 0 Å². The maximum Gasteiger partial charge on any atom is 0.417 e. The standard InChI is InChI=1S/C20H17ClF4N4O/c21-15-9-13(20(23,24)25)11-29-16(27-28-17(15)29)10-26-18(30)19(7-1-2-8-19)12-3-5-14(22)6-4-12/h3-6,9,11H,1-2,7-8,10H2,(H,26,30). The molecule has 1 N–H and O–H groups in total. The van der Waals surface area contributed by atoms with Crippen molar-refractivity contribution in [2.24, 2.45) is 0 Å². The molecule has 30 heavy (non-hydrogen) atoms. The molecule has 1 saturated carbocycles. The highest BCUT2D eigenvalue weighted by Crippen LogP contribution is 2.41. The van der Waals surface area contributed by atoms with E-state index in [1.165, 1.54) is 12.1 Å². The quantitative estimate of drug-likeness (QED) is 0.600. The minimum atomic E-state index is -4.58. The summed E-state index contributed by atoms with van der Waals surface area (Å²) in [5, 5.41) is 10.3. The van der Waals surface area contributed by atoms with Gasteiger partial charge in [0, 0.05) is 6.20 Å². The highest BCUT2D eigenvalue weighted by Gasteiger charge is 2.42. The van der Waals surface area contributed by atoms with Gasteiger partial charge in [-0.3, -0.25) is 9.20 Å². The second kappa shape index (κ2) is 7.54. The molecule has 3 aromatic rings. The van der Waals surface area contributed by atoms with Crippen LogP contribution >= 0.6 is 11.6 Å². The fourth-order valence-corrected chi connectivity index (χ4v) is 4.24. The molecule has 10 heteroatoms. The molecule has 1 aliphatic rings. The number of carbonyl (C=O) groups is 1. The first-order valence-electron chi connectivity index (χ1n) is 9.35. The number of nitrogens with one attached hydrogen (secondary N) is 1. The van der Waals surface area contributed by atoms with Crippen LogP contribution in [0.3, 0.4) is 0 Å². The molecule has 0 bridgehead atoms. The molecule has 4 rings (SSSR count). The predicted octanol–water partition coefficient (Wildman–Crippen LogP) is 4.67. The van der Waals surface area contributed by atoms with Crippen LogP contribution < -0.4 is 5.32 Å². The highest BCUT2D eigenvalue weighted by atomic mass is 35.5. The van der Waals surface area contributed by atoms with Crippen LogP contribution in [0.2, 0.25) is 5.02 Å². The van der Waals surface area contributed by atoms with Gasteiger partial charge in [-0.1, -0.05) is 36.6 Å². The van der Waals surface area contributed by atoms with Crippen molar-refractivity contribution in [3.63, 3.8) is 0 Å². The molecule has 0 atom stereocenters. The number of rotatable bonds is 4. The van der Waals surface area contributed by atoms with E-state index in [-0.39, 0.29) is 34.8 Å². The summed E-state index contributed by atoms with van der Waals surface area (Å²) in [5.41, 5.74) is -0.954. The van der Waals surface area contributed by atoms with E-state index in [1.807, 2.05) is 0 Å². The summed E-state index contributed by atoms with van der Waals surface area (Å²) in [7, 11) is 0. The molecule has 2 heterocycles. The van der Waals surface area contributed by atoms with Crippen LogP contribution in [0.4, 0.5) is 17.6 Å². The number of carbonyl (C=O) groups excluding carboxylic acids is 1. The number of hydrogen-bond donors (Lipinski definition) is 1. The van der Waals surface area contributed by atoms with Crippen molar-refractivity contribution in [1.29, 1.82) is 0 Å². The fraction of sp³-hybridized carbons (Fsp3) is 0.350. The Hall–Kier alpha value is -2.68. The van der Waals surface area contributed by atoms with Gasteiger partial charge in [-0.05, 0) is 36.6 Å². The zero-order valence-electron chi connectivity index (χ0n) is 15.6. The summed E-state index contributed by atoms with van der Waals surface area (Å²) in [5.74, 6) is -0.542. The van der Waals surface area contributed by atoms with E-state index in [2.05, 4.69) is 15.5 Å². The molecule has 1 amide bonds. The Labute approximate surface area is 174 Å². The Morgan fingerprint density at radius 2 is 1.83 bits per heavy atom. The van der Waals surface area contributed by atoms with E-state index in [1.54, 1.807) is 12.1 Å². The molecule has 2 aromatic heterocycles. The number of amides is 1. The van der Waals surface area contributed by atoms with Crippen LogP contribution in [0.15, 0.2) is 36.5 Å². The summed E-state index contributed by atoms with van der Waals surface area (Å²) in [6.45, 7) is -0.124. The van der Waals surface area contributed by atoms with Crippen molar-refractivity contribution in [2.45, 2.75) is 43.8 Å². The van der Waals surface area contributed by atoms with Crippen molar-refractivity contribution >= 4 is 23.2 Å². The minimum Gasteiger partial charge on any atom is -0.348 e. The van der Waals surface area contributed by atoms with E-state index in [4.69, 9.17) is 11.6 Å². The third-order valence-corrected chi connectivity index (χ3v) is 5.83. The van der Waals surface area contributed by atoms with Crippen LogP contribution in [0.5, 0.6) is 0 Å². The topological polar surface area (TPSA) is 59.3 Å². The molecule has 0 spiro atoms. The second-order valence-electron chi connectivity index (χ2n) is 7.36. The summed E-state index contributed by atoms with van der Waals surface area (Å²) >= 11 is 5.92. The van der Waals surface area contributed by atoms with Crippen molar-refractivity contribution < 1.29 is 22.4 Å². The van der Waals surface area contributed by atoms with Gasteiger partial charge in [-0.15, -0.1) is 10.2 Å². The number of hydrogen-bond acceptors (Lipinski definition) is 3. The average Bonchev–Trinajstić information content (AvgIpc) is 3.34. The Morgan fingerprint density at radius 3 is 2.47 bits per heavy atom. The minimum absolute atomic E-state index is 0.0722. The zero-order chi connectivity index (χ0) is 21.5. The third kappa shape index (κ3) is 3.62. The van der Waals surface area contributed by atoms with E-state index in [0.717, 1.165) is 29.5 Å². The van der Waals surface area contributed by atoms with Gasteiger partial charge in [0.25, 0.3) is 0 Å². The summed E-state index contributed by atoms with van der Waals surface area (Å²) in [6.07, 6.45) is -0.816. The van der Waals surface area contributed by atoms with Crippen LogP contribution in [0.25, 0.3) is 5.65 Å². The van der Waals surface area contributed by atoms with E-state index in [0.29, 0.717) is 18.4 Å². The molecule has 1 fully saturated rings. The van der Waals surface area contributed by atoms with Gasteiger partial charge in [0.2, 0.25) is 5.91 Å². The maximum atomic E-state index is 13.3. The van der Waals surface area contributed by atoms with Crippen molar-refractivity contribution in [3.05, 3.63) is 64.3 Å². The lowest BCUT2D eigenvalue weighted by Crippen LogP contribution is -2.42. The summed E-state index contributed by atoms with van der Waals surface area (Å²) < 4.78 is 53.8. The number of aromatic nitrogens is 3. The Balaban J connectivity index is 1.61. The van der Waals surface area contributed by atoms with Crippen LogP contribution in [0, 0.1) is 5.82 Å². The molecule has 1 aromatic carbocycles. The molecule has 0 saturated heterocycles. The van der Waals surface area contributed by atoms with Crippen molar-refractivity contribution in [1.82, 2.24) is 19.9 Å². The van der Waals surface area contributed by atoms with Crippen LogP contribution in [-0.4, -0.2) is 20.5 Å². The molecule has 5 nitrogen and oxygen atoms in total. The fourth-order valence-electron chi connectivity index (χ4n) is 4.00. The van der Waals surface area contributed by atoms with Gasteiger partial charge < -0.3 is 5.32 Å². The van der Waals surface area contributed by atoms with Gasteiger partial charge in [-0.25, -0.2) is 4.39 Å². The lowest BCUT2D eigenvalue weighted by molar-refractivity contribution is -0.138. The maximum absolute atomic E-state index is 13.3. The number of fused-ring (bicyclic) bond motifs is 1. The SMILES string of the molecule is O=C(NCc1nnc2c(Cl)cc(C(F)(F)F)cn12)C1(c2ccc(F)cc2)CCCC1. The first-order valence-corrected chi connectivity index (χ1v) is 9.73. The molecular formula is C20H17ClF4N4O. The zero-order valence-corrected chi connectivity index (χ0v) is 16.4. The molecule has 0 radical (unpaired) electrons. The van der Waals surface area contributed by atoms with E-state index in [9.17, 15) is 22.4 Å². The smallest absolute Gasteiger partial charge is 0.348 e. The van der Waals surface area contributed by atoms with Gasteiger partial charge in [0.15, 0.2) is 11.5 Å². The van der Waals surface area contributed by atoms with Crippen molar-refractivity contribution in [2.75, 3.05) is 0 Å². The van der Waals surface area contributed by atoms with Crippen LogP contribution in [-0.2, 0) is 22.9 Å². The van der Waals surface area contributed by atoms with Gasteiger partial charge >= 0.3 is 6.18 Å². The van der Waals surface area contributed by atoms with E-state index >= 15 is 0 Å². The van der Waals surface area contributed by atoms with E-state index < -0.39 is 17.2 Å². The second-order valence-corrected chi connectivity index (χ2v) is 7.77. The monoisotopic (exact) mass is 440 g/mol. The molecule has 0 aliphatic heterocycles. The highest BCUT2D eigenvalue weighted by molar-refractivity contribution is 6.33. The number of benzene rings is 1. The summed E-state index contributed by atoms with van der Waals surface area (Å²) in [4.78, 5) is 13.1. The Bertz CT molecular complexity index is 1090. The molecule has 1 aliphatic carbocycles. The number of nitrogens with zero attached hydrogens (tertiary/aromatic N) is 3. The molecule has 158 valence electrons. The number of halogens is 5. The number of pyridine rings is 1. The third-order valence-electron chi connectivity index (χ3n) is 5.55. The average molecular weight is 441 g/mol. The Morgan fingerprint density at radius 1 is 1.17 bits per heavy atom.